The molecule has 0 saturated heterocycles. The Hall–Kier alpha value is -1.13. The molecule has 0 spiro atoms. The van der Waals surface area contributed by atoms with Crippen LogP contribution in [-0.2, 0) is 0 Å². The molecule has 1 aromatic rings. The number of hydrogen-bond acceptors (Lipinski definition) is 3. The maximum Gasteiger partial charge on any atom is 0.488 e. The molecule has 0 aliphatic carbocycles. The van der Waals surface area contributed by atoms with Gasteiger partial charge in [-0.15, -0.1) is 0 Å². The first-order valence-corrected chi connectivity index (χ1v) is 4.51. The van der Waals surface area contributed by atoms with Crippen LogP contribution in [0.3, 0.4) is 0 Å². The molecule has 1 aromatic carbocycles. The second-order valence-electron chi connectivity index (χ2n) is 3.53. The zero-order valence-electron chi connectivity index (χ0n) is 8.27. The zero-order valence-corrected chi connectivity index (χ0v) is 8.27. The predicted octanol–water partition coefficient (Wildman–Crippen LogP) is 0.302. The van der Waals surface area contributed by atoms with E-state index in [-0.39, 0.29) is 5.92 Å². The van der Waals surface area contributed by atoms with Crippen molar-refractivity contribution in [3.8, 4) is 0 Å². The van der Waals surface area contributed by atoms with E-state index in [9.17, 15) is 4.79 Å². The standard InChI is InChI=1S/C10H13BO3/c1-7(2)9-5-8(6-12)3-4-10(9)11(13)14/h3-7,13-14H,1-2H3. The summed E-state index contributed by atoms with van der Waals surface area (Å²) in [4.78, 5) is 10.5. The molecule has 0 saturated carbocycles. The highest BCUT2D eigenvalue weighted by Crippen LogP contribution is 2.13. The summed E-state index contributed by atoms with van der Waals surface area (Å²) in [6, 6.07) is 4.84. The van der Waals surface area contributed by atoms with E-state index in [4.69, 9.17) is 10.0 Å². The molecule has 0 unspecified atom stereocenters. The lowest BCUT2D eigenvalue weighted by molar-refractivity contribution is 0.112. The number of rotatable bonds is 3. The molecule has 0 aliphatic rings. The predicted molar refractivity (Wildman–Crippen MR) is 55.7 cm³/mol. The largest absolute Gasteiger partial charge is 0.488 e. The van der Waals surface area contributed by atoms with Gasteiger partial charge in [-0.25, -0.2) is 0 Å². The van der Waals surface area contributed by atoms with Crippen LogP contribution in [-0.4, -0.2) is 23.5 Å². The van der Waals surface area contributed by atoms with Crippen LogP contribution in [0, 0.1) is 0 Å². The van der Waals surface area contributed by atoms with E-state index in [2.05, 4.69) is 0 Å². The fourth-order valence-corrected chi connectivity index (χ4v) is 1.40. The fourth-order valence-electron chi connectivity index (χ4n) is 1.40. The lowest BCUT2D eigenvalue weighted by Gasteiger charge is -2.12. The van der Waals surface area contributed by atoms with Gasteiger partial charge in [-0.3, -0.25) is 4.79 Å². The second kappa shape index (κ2) is 4.40. The summed E-state index contributed by atoms with van der Waals surface area (Å²) in [5, 5.41) is 18.2. The average Bonchev–Trinajstić information content (AvgIpc) is 2.16. The number of carbonyl (C=O) groups excluding carboxylic acids is 1. The minimum Gasteiger partial charge on any atom is -0.423 e. The first-order valence-electron chi connectivity index (χ1n) is 4.51. The van der Waals surface area contributed by atoms with Gasteiger partial charge in [0, 0.05) is 5.56 Å². The molecule has 0 bridgehead atoms. The smallest absolute Gasteiger partial charge is 0.423 e. The van der Waals surface area contributed by atoms with Crippen LogP contribution in [0.25, 0.3) is 0 Å². The highest BCUT2D eigenvalue weighted by atomic mass is 16.4. The van der Waals surface area contributed by atoms with Crippen molar-refractivity contribution >= 4 is 18.9 Å². The van der Waals surface area contributed by atoms with Gasteiger partial charge in [0.25, 0.3) is 0 Å². The van der Waals surface area contributed by atoms with Gasteiger partial charge in [0.15, 0.2) is 0 Å². The number of carbonyl (C=O) groups is 1. The molecule has 0 heterocycles. The normalized spacial score (nSPS) is 10.4. The van der Waals surface area contributed by atoms with Crippen LogP contribution in [0.2, 0.25) is 0 Å². The third-order valence-corrected chi connectivity index (χ3v) is 2.15. The Morgan fingerprint density at radius 3 is 2.43 bits per heavy atom. The first-order chi connectivity index (χ1) is 6.56. The highest BCUT2D eigenvalue weighted by Gasteiger charge is 2.17. The van der Waals surface area contributed by atoms with Crippen LogP contribution in [0.15, 0.2) is 18.2 Å². The molecule has 0 fully saturated rings. The Morgan fingerprint density at radius 2 is 2.00 bits per heavy atom. The van der Waals surface area contributed by atoms with Gasteiger partial charge in [0.2, 0.25) is 0 Å². The summed E-state index contributed by atoms with van der Waals surface area (Å²) < 4.78 is 0. The maximum absolute atomic E-state index is 10.5. The summed E-state index contributed by atoms with van der Waals surface area (Å²) in [7, 11) is -1.48. The molecule has 0 aliphatic heterocycles. The molecule has 3 nitrogen and oxygen atoms in total. The van der Waals surface area contributed by atoms with Crippen molar-refractivity contribution in [1.29, 1.82) is 0 Å². The maximum atomic E-state index is 10.5. The minimum atomic E-state index is -1.48. The van der Waals surface area contributed by atoms with Gasteiger partial charge in [0.05, 0.1) is 0 Å². The quantitative estimate of drug-likeness (QED) is 0.534. The van der Waals surface area contributed by atoms with Crippen molar-refractivity contribution in [1.82, 2.24) is 0 Å². The molecule has 0 radical (unpaired) electrons. The van der Waals surface area contributed by atoms with Gasteiger partial charge in [-0.2, -0.15) is 0 Å². The van der Waals surface area contributed by atoms with Gasteiger partial charge < -0.3 is 10.0 Å². The summed E-state index contributed by atoms with van der Waals surface area (Å²) in [5.74, 6) is 0.159. The fraction of sp³-hybridized carbons (Fsp3) is 0.300. The van der Waals surface area contributed by atoms with E-state index >= 15 is 0 Å². The van der Waals surface area contributed by atoms with E-state index in [0.29, 0.717) is 11.0 Å². The van der Waals surface area contributed by atoms with Crippen LogP contribution in [0.4, 0.5) is 0 Å². The summed E-state index contributed by atoms with van der Waals surface area (Å²) in [5.41, 5.74) is 1.81. The van der Waals surface area contributed by atoms with Gasteiger partial charge in [-0.05, 0) is 23.0 Å². The molecule has 4 heteroatoms. The van der Waals surface area contributed by atoms with Crippen molar-refractivity contribution in [2.75, 3.05) is 0 Å². The van der Waals surface area contributed by atoms with E-state index in [1.165, 1.54) is 0 Å². The third-order valence-electron chi connectivity index (χ3n) is 2.15. The summed E-state index contributed by atoms with van der Waals surface area (Å²) in [6.45, 7) is 3.88. The number of hydrogen-bond donors (Lipinski definition) is 2. The van der Waals surface area contributed by atoms with Crippen LogP contribution in [0.1, 0.15) is 35.7 Å². The Morgan fingerprint density at radius 1 is 1.36 bits per heavy atom. The van der Waals surface area contributed by atoms with E-state index in [1.54, 1.807) is 18.2 Å². The summed E-state index contributed by atoms with van der Waals surface area (Å²) in [6.07, 6.45) is 0.749. The van der Waals surface area contributed by atoms with E-state index in [0.717, 1.165) is 11.8 Å². The van der Waals surface area contributed by atoms with Crippen molar-refractivity contribution in [3.63, 3.8) is 0 Å². The average molecular weight is 192 g/mol. The van der Waals surface area contributed by atoms with Crippen molar-refractivity contribution in [2.45, 2.75) is 19.8 Å². The molecular weight excluding hydrogens is 179 g/mol. The summed E-state index contributed by atoms with van der Waals surface area (Å²) >= 11 is 0. The zero-order chi connectivity index (χ0) is 10.7. The Kier molecular flexibility index (Phi) is 3.44. The van der Waals surface area contributed by atoms with E-state index < -0.39 is 7.12 Å². The van der Waals surface area contributed by atoms with Crippen LogP contribution in [0.5, 0.6) is 0 Å². The van der Waals surface area contributed by atoms with Crippen molar-refractivity contribution in [3.05, 3.63) is 29.3 Å². The molecule has 74 valence electrons. The third kappa shape index (κ3) is 2.22. The Labute approximate surface area is 83.5 Å². The van der Waals surface area contributed by atoms with Crippen LogP contribution < -0.4 is 5.46 Å². The molecule has 1 rings (SSSR count). The van der Waals surface area contributed by atoms with Gasteiger partial charge in [0.1, 0.15) is 6.29 Å². The SMILES string of the molecule is CC(C)c1cc(C=O)ccc1B(O)O. The highest BCUT2D eigenvalue weighted by molar-refractivity contribution is 6.59. The number of aldehydes is 1. The Balaban J connectivity index is 3.23. The van der Waals surface area contributed by atoms with Crippen molar-refractivity contribution in [2.24, 2.45) is 0 Å². The minimum absolute atomic E-state index is 0.159. The lowest BCUT2D eigenvalue weighted by Crippen LogP contribution is -2.33. The molecule has 0 atom stereocenters. The molecule has 14 heavy (non-hydrogen) atoms. The molecule has 0 aromatic heterocycles. The van der Waals surface area contributed by atoms with Gasteiger partial charge in [-0.1, -0.05) is 26.0 Å². The molecular formula is C10H13BO3. The Bertz CT molecular complexity index is 334. The second-order valence-corrected chi connectivity index (χ2v) is 3.53. The molecule has 2 N–H and O–H groups in total. The molecule has 0 amide bonds. The van der Waals surface area contributed by atoms with Gasteiger partial charge >= 0.3 is 7.12 Å². The topological polar surface area (TPSA) is 57.5 Å². The first kappa shape index (κ1) is 11.0. The lowest BCUT2D eigenvalue weighted by atomic mass is 9.74. The monoisotopic (exact) mass is 192 g/mol. The van der Waals surface area contributed by atoms with Crippen LogP contribution >= 0.6 is 0 Å². The number of benzene rings is 1. The van der Waals surface area contributed by atoms with E-state index in [1.807, 2.05) is 13.8 Å². The van der Waals surface area contributed by atoms with Crippen molar-refractivity contribution < 1.29 is 14.8 Å².